The van der Waals surface area contributed by atoms with Crippen LogP contribution in [0.5, 0.6) is 0 Å². The second kappa shape index (κ2) is 16.6. The average Bonchev–Trinajstić information content (AvgIpc) is 2.98. The molecule has 3 rings (SSSR count). The van der Waals surface area contributed by atoms with Crippen LogP contribution in [0.4, 0.5) is 4.79 Å². The van der Waals surface area contributed by atoms with E-state index in [2.05, 4.69) is 10.6 Å². The first-order valence-electron chi connectivity index (χ1n) is 16.0. The third kappa shape index (κ3) is 11.2. The van der Waals surface area contributed by atoms with Gasteiger partial charge in [0.05, 0.1) is 12.1 Å². The van der Waals surface area contributed by atoms with Crippen LogP contribution in [-0.4, -0.2) is 70.8 Å². The molecule has 9 heteroatoms. The van der Waals surface area contributed by atoms with Crippen molar-refractivity contribution in [2.24, 2.45) is 17.6 Å². The van der Waals surface area contributed by atoms with Gasteiger partial charge in [-0.1, -0.05) is 80.9 Å². The highest BCUT2D eigenvalue weighted by molar-refractivity contribution is 5.89. The van der Waals surface area contributed by atoms with Crippen LogP contribution in [0.15, 0.2) is 60.7 Å². The van der Waals surface area contributed by atoms with E-state index >= 15 is 0 Å². The number of aliphatic hydroxyl groups excluding tert-OH is 1. The highest BCUT2D eigenvalue weighted by Gasteiger charge is 2.35. The largest absolute Gasteiger partial charge is 0.444 e. The predicted octanol–water partition coefficient (Wildman–Crippen LogP) is 4.21. The lowest BCUT2D eigenvalue weighted by Crippen LogP contribution is -2.55. The molecule has 5 atom stereocenters. The van der Waals surface area contributed by atoms with E-state index < -0.39 is 35.8 Å². The molecule has 1 heterocycles. The number of nitrogens with two attached hydrogens (primary N) is 1. The number of carbonyl (C=O) groups is 3. The van der Waals surface area contributed by atoms with Gasteiger partial charge in [0.2, 0.25) is 11.8 Å². The van der Waals surface area contributed by atoms with Crippen molar-refractivity contribution < 1.29 is 24.2 Å². The number of carbonyl (C=O) groups excluding carboxylic acids is 3. The highest BCUT2D eigenvalue weighted by Crippen LogP contribution is 2.22. The minimum Gasteiger partial charge on any atom is -0.444 e. The van der Waals surface area contributed by atoms with Crippen molar-refractivity contribution in [2.45, 2.75) is 103 Å². The summed E-state index contributed by atoms with van der Waals surface area (Å²) in [7, 11) is 0. The average molecular weight is 609 g/mol. The molecule has 2 aromatic rings. The van der Waals surface area contributed by atoms with E-state index in [1.807, 2.05) is 79.4 Å². The molecular formula is C35H52N4O5. The number of hydrogen-bond donors (Lipinski definition) is 4. The van der Waals surface area contributed by atoms with E-state index in [1.165, 1.54) is 0 Å². The van der Waals surface area contributed by atoms with Crippen LogP contribution < -0.4 is 16.4 Å². The Kier molecular flexibility index (Phi) is 13.2. The van der Waals surface area contributed by atoms with Crippen molar-refractivity contribution in [1.82, 2.24) is 15.5 Å². The molecule has 5 N–H and O–H groups in total. The minimum absolute atomic E-state index is 0.0774. The summed E-state index contributed by atoms with van der Waals surface area (Å²) in [5, 5.41) is 17.5. The standard InChI is InChI=1S/C35H52N4O5/c1-6-24(2)31(33(42)39-19-17-28(36)18-20-39)38-32(41)27(21-25-13-9-7-10-14-25)23-30(40)29(22-26-15-11-8-12-16-26)37-34(43)44-35(3,4)5/h7-16,24,27-31,40H,6,17-23,36H2,1-5H3,(H,37,43)(H,38,41)/t24-,27-,29-,30+,31-/m0/s1. The first kappa shape index (κ1) is 35.1. The van der Waals surface area contributed by atoms with Gasteiger partial charge in [-0.3, -0.25) is 9.59 Å². The molecule has 1 aliphatic rings. The number of likely N-dealkylation sites (tertiary alicyclic amines) is 1. The van der Waals surface area contributed by atoms with Crippen LogP contribution in [0.1, 0.15) is 71.4 Å². The Hall–Kier alpha value is -3.43. The molecule has 3 amide bonds. The van der Waals surface area contributed by atoms with Gasteiger partial charge in [-0.25, -0.2) is 4.79 Å². The Morgan fingerprint density at radius 2 is 1.50 bits per heavy atom. The van der Waals surface area contributed by atoms with Crippen molar-refractivity contribution in [1.29, 1.82) is 0 Å². The first-order valence-corrected chi connectivity index (χ1v) is 16.0. The SMILES string of the molecule is CC[C@H](C)[C@H](NC(=O)[C@@H](Cc1ccccc1)C[C@@H](O)[C@H](Cc1ccccc1)NC(=O)OC(C)(C)C)C(=O)N1CCC(N)CC1. The van der Waals surface area contributed by atoms with Crippen LogP contribution in [0.25, 0.3) is 0 Å². The summed E-state index contributed by atoms with van der Waals surface area (Å²) < 4.78 is 5.50. The van der Waals surface area contributed by atoms with Gasteiger partial charge in [0.25, 0.3) is 0 Å². The zero-order valence-electron chi connectivity index (χ0n) is 27.0. The second-order valence-electron chi connectivity index (χ2n) is 13.2. The molecule has 0 saturated carbocycles. The molecule has 0 aliphatic carbocycles. The zero-order valence-corrected chi connectivity index (χ0v) is 27.0. The number of ether oxygens (including phenoxy) is 1. The molecule has 44 heavy (non-hydrogen) atoms. The Morgan fingerprint density at radius 1 is 0.955 bits per heavy atom. The molecule has 0 unspecified atom stereocenters. The van der Waals surface area contributed by atoms with Crippen molar-refractivity contribution in [3.63, 3.8) is 0 Å². The van der Waals surface area contributed by atoms with Gasteiger partial charge in [-0.05, 0) is 69.9 Å². The minimum atomic E-state index is -1.07. The molecule has 1 fully saturated rings. The Labute approximate surface area is 262 Å². The van der Waals surface area contributed by atoms with Crippen molar-refractivity contribution in [3.8, 4) is 0 Å². The van der Waals surface area contributed by atoms with Gasteiger partial charge in [0, 0.05) is 25.0 Å². The molecule has 1 saturated heterocycles. The number of amides is 3. The van der Waals surface area contributed by atoms with Crippen LogP contribution in [0.2, 0.25) is 0 Å². The van der Waals surface area contributed by atoms with E-state index in [0.717, 1.165) is 30.4 Å². The number of nitrogens with zero attached hydrogens (tertiary/aromatic N) is 1. The monoisotopic (exact) mass is 608 g/mol. The number of piperidine rings is 1. The van der Waals surface area contributed by atoms with Gasteiger partial charge in [-0.2, -0.15) is 0 Å². The van der Waals surface area contributed by atoms with E-state index in [9.17, 15) is 19.5 Å². The number of rotatable bonds is 13. The summed E-state index contributed by atoms with van der Waals surface area (Å²) in [5.74, 6) is -1.12. The molecule has 0 bridgehead atoms. The molecule has 2 aromatic carbocycles. The molecule has 1 aliphatic heterocycles. The normalized spacial score (nSPS) is 17.6. The van der Waals surface area contributed by atoms with Gasteiger partial charge in [-0.15, -0.1) is 0 Å². The maximum absolute atomic E-state index is 14.0. The number of nitrogens with one attached hydrogen (secondary N) is 2. The smallest absolute Gasteiger partial charge is 0.407 e. The molecule has 0 spiro atoms. The number of hydrogen-bond acceptors (Lipinski definition) is 6. The fourth-order valence-electron chi connectivity index (χ4n) is 5.52. The maximum atomic E-state index is 14.0. The number of benzene rings is 2. The summed E-state index contributed by atoms with van der Waals surface area (Å²) in [6, 6.07) is 17.9. The molecule has 0 radical (unpaired) electrons. The maximum Gasteiger partial charge on any atom is 0.407 e. The summed E-state index contributed by atoms with van der Waals surface area (Å²) in [4.78, 5) is 42.3. The Morgan fingerprint density at radius 3 is 2.02 bits per heavy atom. The molecule has 0 aromatic heterocycles. The quantitative estimate of drug-likeness (QED) is 0.269. The van der Waals surface area contributed by atoms with Crippen molar-refractivity contribution in [2.75, 3.05) is 13.1 Å². The van der Waals surface area contributed by atoms with Crippen molar-refractivity contribution >= 4 is 17.9 Å². The van der Waals surface area contributed by atoms with E-state index in [1.54, 1.807) is 20.8 Å². The van der Waals surface area contributed by atoms with Crippen molar-refractivity contribution in [3.05, 3.63) is 71.8 Å². The van der Waals surface area contributed by atoms with Crippen LogP contribution in [0.3, 0.4) is 0 Å². The fourth-order valence-corrected chi connectivity index (χ4v) is 5.52. The molecular weight excluding hydrogens is 556 g/mol. The summed E-state index contributed by atoms with van der Waals surface area (Å²) in [6.07, 6.45) is 1.30. The highest BCUT2D eigenvalue weighted by atomic mass is 16.6. The third-order valence-corrected chi connectivity index (χ3v) is 8.31. The van der Waals surface area contributed by atoms with Gasteiger partial charge < -0.3 is 31.1 Å². The van der Waals surface area contributed by atoms with Gasteiger partial charge in [0.15, 0.2) is 0 Å². The molecule has 9 nitrogen and oxygen atoms in total. The lowest BCUT2D eigenvalue weighted by atomic mass is 9.88. The third-order valence-electron chi connectivity index (χ3n) is 8.31. The molecule has 242 valence electrons. The van der Waals surface area contributed by atoms with Crippen LogP contribution in [0, 0.1) is 11.8 Å². The van der Waals surface area contributed by atoms with E-state index in [0.29, 0.717) is 25.9 Å². The van der Waals surface area contributed by atoms with E-state index in [-0.39, 0.29) is 30.2 Å². The van der Waals surface area contributed by atoms with E-state index in [4.69, 9.17) is 10.5 Å². The van der Waals surface area contributed by atoms with Crippen LogP contribution >= 0.6 is 0 Å². The first-order chi connectivity index (χ1) is 20.9. The number of aliphatic hydroxyl groups is 1. The lowest BCUT2D eigenvalue weighted by molar-refractivity contribution is -0.140. The predicted molar refractivity (Wildman–Crippen MR) is 173 cm³/mol. The zero-order chi connectivity index (χ0) is 32.3. The summed E-state index contributed by atoms with van der Waals surface area (Å²) in [6.45, 7) is 10.5. The fraction of sp³-hybridized carbons (Fsp3) is 0.571. The van der Waals surface area contributed by atoms with Crippen LogP contribution in [-0.2, 0) is 27.2 Å². The summed E-state index contributed by atoms with van der Waals surface area (Å²) >= 11 is 0. The summed E-state index contributed by atoms with van der Waals surface area (Å²) in [5.41, 5.74) is 7.23. The Bertz CT molecular complexity index is 1180. The topological polar surface area (TPSA) is 134 Å². The Balaban J connectivity index is 1.84. The van der Waals surface area contributed by atoms with Gasteiger partial charge in [0.1, 0.15) is 11.6 Å². The van der Waals surface area contributed by atoms with Gasteiger partial charge >= 0.3 is 6.09 Å². The number of alkyl carbamates (subject to hydrolysis) is 1. The lowest BCUT2D eigenvalue weighted by Gasteiger charge is -2.35. The second-order valence-corrected chi connectivity index (χ2v) is 13.2.